The third-order valence-corrected chi connectivity index (χ3v) is 7.60. The summed E-state index contributed by atoms with van der Waals surface area (Å²) in [6.45, 7) is 4.47. The van der Waals surface area contributed by atoms with E-state index >= 15 is 0 Å². The van der Waals surface area contributed by atoms with Gasteiger partial charge < -0.3 is 0 Å². The van der Waals surface area contributed by atoms with E-state index in [4.69, 9.17) is 4.98 Å². The van der Waals surface area contributed by atoms with Crippen molar-refractivity contribution in [3.05, 3.63) is 53.9 Å². The molecule has 0 saturated carbocycles. The van der Waals surface area contributed by atoms with Gasteiger partial charge in [0.15, 0.2) is 0 Å². The third-order valence-electron chi connectivity index (χ3n) is 5.60. The third kappa shape index (κ3) is 3.93. The van der Waals surface area contributed by atoms with E-state index in [0.29, 0.717) is 26.2 Å². The topological polar surface area (TPSA) is 53.5 Å². The summed E-state index contributed by atoms with van der Waals surface area (Å²) >= 11 is 0. The lowest BCUT2D eigenvalue weighted by Gasteiger charge is -2.34. The molecule has 2 aliphatic heterocycles. The second-order valence-corrected chi connectivity index (χ2v) is 9.53. The Kier molecular flexibility index (Phi) is 5.30. The van der Waals surface area contributed by atoms with E-state index in [-0.39, 0.29) is 5.92 Å². The molecule has 0 N–H and O–H groups in total. The Hall–Kier alpha value is -1.76. The van der Waals surface area contributed by atoms with Crippen molar-refractivity contribution < 1.29 is 8.42 Å². The first-order valence-corrected chi connectivity index (χ1v) is 11.2. The van der Waals surface area contributed by atoms with E-state index in [1.807, 2.05) is 25.1 Å². The standard InChI is InChI=1S/C21H27N3O2S/c1-17-14-20(18-8-3-2-4-9-18)15-21(22-17)19-10-7-13-24(16-19)27(25,26)23-11-5-6-12-23/h2-4,8-9,14-15,19H,5-7,10-13,16H2,1H3/t19-/m0/s1. The van der Waals surface area contributed by atoms with Crippen LogP contribution in [0.15, 0.2) is 42.5 Å². The molecule has 0 aliphatic carbocycles. The van der Waals surface area contributed by atoms with Crippen LogP contribution in [-0.4, -0.2) is 48.2 Å². The van der Waals surface area contributed by atoms with E-state index in [1.165, 1.54) is 5.56 Å². The first-order chi connectivity index (χ1) is 13.0. The average molecular weight is 386 g/mol. The number of aryl methyl sites for hydroxylation is 1. The van der Waals surface area contributed by atoms with Crippen LogP contribution in [0.25, 0.3) is 11.1 Å². The molecule has 0 radical (unpaired) electrons. The van der Waals surface area contributed by atoms with Crippen LogP contribution >= 0.6 is 0 Å². The molecule has 1 aromatic carbocycles. The molecule has 0 bridgehead atoms. The van der Waals surface area contributed by atoms with Gasteiger partial charge in [-0.1, -0.05) is 30.3 Å². The molecule has 1 aromatic heterocycles. The Morgan fingerprint density at radius 2 is 1.63 bits per heavy atom. The second-order valence-electron chi connectivity index (χ2n) is 7.60. The van der Waals surface area contributed by atoms with Crippen LogP contribution in [0.2, 0.25) is 0 Å². The molecule has 0 amide bonds. The lowest BCUT2D eigenvalue weighted by molar-refractivity contribution is 0.290. The molecule has 2 saturated heterocycles. The number of aromatic nitrogens is 1. The van der Waals surface area contributed by atoms with Crippen LogP contribution in [0, 0.1) is 6.92 Å². The molecule has 2 aliphatic rings. The number of benzene rings is 1. The first kappa shape index (κ1) is 18.6. The van der Waals surface area contributed by atoms with Gasteiger partial charge in [-0.05, 0) is 55.9 Å². The molecule has 1 atom stereocenters. The van der Waals surface area contributed by atoms with Crippen LogP contribution in [-0.2, 0) is 10.2 Å². The van der Waals surface area contributed by atoms with Crippen LogP contribution in [0.5, 0.6) is 0 Å². The van der Waals surface area contributed by atoms with Crippen LogP contribution in [0.1, 0.15) is 43.0 Å². The second kappa shape index (κ2) is 7.70. The maximum atomic E-state index is 13.0. The summed E-state index contributed by atoms with van der Waals surface area (Å²) in [7, 11) is -3.34. The highest BCUT2D eigenvalue weighted by atomic mass is 32.2. The van der Waals surface area contributed by atoms with Gasteiger partial charge >= 0.3 is 0 Å². The smallest absolute Gasteiger partial charge is 0.258 e. The van der Waals surface area contributed by atoms with Gasteiger partial charge in [0.2, 0.25) is 0 Å². The predicted octanol–water partition coefficient (Wildman–Crippen LogP) is 3.58. The Labute approximate surface area is 162 Å². The van der Waals surface area contributed by atoms with Crippen molar-refractivity contribution in [2.75, 3.05) is 26.2 Å². The maximum absolute atomic E-state index is 13.0. The van der Waals surface area contributed by atoms with Crippen molar-refractivity contribution in [3.63, 3.8) is 0 Å². The SMILES string of the molecule is Cc1cc(-c2ccccc2)cc([C@H]2CCCN(S(=O)(=O)N3CCCC3)C2)n1. The quantitative estimate of drug-likeness (QED) is 0.808. The molecular formula is C21H27N3O2S. The molecule has 4 rings (SSSR count). The largest absolute Gasteiger partial charge is 0.281 e. The van der Waals surface area contributed by atoms with Crippen molar-refractivity contribution >= 4 is 10.2 Å². The number of rotatable bonds is 4. The number of hydrogen-bond donors (Lipinski definition) is 0. The van der Waals surface area contributed by atoms with Crippen molar-refractivity contribution in [3.8, 4) is 11.1 Å². The fraction of sp³-hybridized carbons (Fsp3) is 0.476. The molecular weight excluding hydrogens is 358 g/mol. The van der Waals surface area contributed by atoms with Crippen molar-refractivity contribution in [2.24, 2.45) is 0 Å². The lowest BCUT2D eigenvalue weighted by atomic mass is 9.93. The van der Waals surface area contributed by atoms with Gasteiger partial charge in [-0.3, -0.25) is 4.98 Å². The minimum Gasteiger partial charge on any atom is -0.258 e. The Bertz CT molecular complexity index is 893. The molecule has 5 nitrogen and oxygen atoms in total. The number of nitrogens with zero attached hydrogens (tertiary/aromatic N) is 3. The van der Waals surface area contributed by atoms with Crippen LogP contribution < -0.4 is 0 Å². The normalized spacial score (nSPS) is 22.2. The zero-order chi connectivity index (χ0) is 18.9. The minimum absolute atomic E-state index is 0.151. The highest BCUT2D eigenvalue weighted by molar-refractivity contribution is 7.86. The van der Waals surface area contributed by atoms with Gasteiger partial charge in [-0.2, -0.15) is 17.0 Å². The van der Waals surface area contributed by atoms with E-state index in [1.54, 1.807) is 8.61 Å². The fourth-order valence-electron chi connectivity index (χ4n) is 4.18. The summed E-state index contributed by atoms with van der Waals surface area (Å²) in [5, 5.41) is 0. The van der Waals surface area contributed by atoms with Crippen LogP contribution in [0.4, 0.5) is 0 Å². The van der Waals surface area contributed by atoms with Gasteiger partial charge in [-0.25, -0.2) is 0 Å². The van der Waals surface area contributed by atoms with Gasteiger partial charge in [-0.15, -0.1) is 0 Å². The fourth-order valence-corrected chi connectivity index (χ4v) is 5.95. The summed E-state index contributed by atoms with van der Waals surface area (Å²) in [6.07, 6.45) is 3.80. The zero-order valence-corrected chi connectivity index (χ0v) is 16.7. The molecule has 2 aromatic rings. The molecule has 6 heteroatoms. The van der Waals surface area contributed by atoms with E-state index in [2.05, 4.69) is 24.3 Å². The highest BCUT2D eigenvalue weighted by Crippen LogP contribution is 2.31. The van der Waals surface area contributed by atoms with Gasteiger partial charge in [0.25, 0.3) is 10.2 Å². The number of piperidine rings is 1. The maximum Gasteiger partial charge on any atom is 0.281 e. The summed E-state index contributed by atoms with van der Waals surface area (Å²) in [4.78, 5) is 4.76. The number of hydrogen-bond acceptors (Lipinski definition) is 3. The van der Waals surface area contributed by atoms with Crippen LogP contribution in [0.3, 0.4) is 0 Å². The highest BCUT2D eigenvalue weighted by Gasteiger charge is 2.35. The number of pyridine rings is 1. The summed E-state index contributed by atoms with van der Waals surface area (Å²) in [6, 6.07) is 14.5. The van der Waals surface area contributed by atoms with Gasteiger partial charge in [0.05, 0.1) is 0 Å². The first-order valence-electron chi connectivity index (χ1n) is 9.83. The van der Waals surface area contributed by atoms with Crippen molar-refractivity contribution in [1.29, 1.82) is 0 Å². The Morgan fingerprint density at radius 1 is 0.926 bits per heavy atom. The molecule has 3 heterocycles. The Morgan fingerprint density at radius 3 is 2.37 bits per heavy atom. The Balaban J connectivity index is 1.59. The molecule has 2 fully saturated rings. The molecule has 0 spiro atoms. The molecule has 144 valence electrons. The van der Waals surface area contributed by atoms with E-state index < -0.39 is 10.2 Å². The zero-order valence-electron chi connectivity index (χ0n) is 15.8. The van der Waals surface area contributed by atoms with Crippen molar-refractivity contribution in [2.45, 2.75) is 38.5 Å². The summed E-state index contributed by atoms with van der Waals surface area (Å²) < 4.78 is 29.2. The predicted molar refractivity (Wildman–Crippen MR) is 108 cm³/mol. The van der Waals surface area contributed by atoms with Gasteiger partial charge in [0.1, 0.15) is 0 Å². The van der Waals surface area contributed by atoms with E-state index in [9.17, 15) is 8.42 Å². The average Bonchev–Trinajstić information content (AvgIpc) is 3.24. The van der Waals surface area contributed by atoms with E-state index in [0.717, 1.165) is 42.6 Å². The molecule has 27 heavy (non-hydrogen) atoms. The van der Waals surface area contributed by atoms with Gasteiger partial charge in [0, 0.05) is 43.5 Å². The summed E-state index contributed by atoms with van der Waals surface area (Å²) in [5.41, 5.74) is 4.31. The monoisotopic (exact) mass is 385 g/mol. The summed E-state index contributed by atoms with van der Waals surface area (Å²) in [5.74, 6) is 0.151. The molecule has 0 unspecified atom stereocenters. The van der Waals surface area contributed by atoms with Crippen molar-refractivity contribution in [1.82, 2.24) is 13.6 Å². The minimum atomic E-state index is -3.34. The lowest BCUT2D eigenvalue weighted by Crippen LogP contribution is -2.46.